The van der Waals surface area contributed by atoms with Crippen LogP contribution < -0.4 is 11.1 Å². The van der Waals surface area contributed by atoms with Crippen LogP contribution in [0.25, 0.3) is 0 Å². The van der Waals surface area contributed by atoms with Crippen molar-refractivity contribution in [3.63, 3.8) is 0 Å². The average molecular weight is 314 g/mol. The van der Waals surface area contributed by atoms with Crippen LogP contribution in [0.3, 0.4) is 0 Å². The van der Waals surface area contributed by atoms with E-state index >= 15 is 0 Å². The molecule has 0 amide bonds. The molecular weight excluding hydrogens is 304 g/mol. The minimum atomic E-state index is -1.52. The van der Waals surface area contributed by atoms with E-state index in [9.17, 15) is 17.6 Å². The van der Waals surface area contributed by atoms with Crippen LogP contribution in [0.5, 0.6) is 0 Å². The first kappa shape index (κ1) is 15.2. The molecule has 3 N–H and O–H groups in total. The molecule has 2 aromatic carbocycles. The number of benzene rings is 2. The molecule has 2 rings (SSSR count). The first-order chi connectivity index (χ1) is 9.82. The van der Waals surface area contributed by atoms with Crippen LogP contribution in [0.4, 0.5) is 28.9 Å². The molecule has 0 aromatic heterocycles. The smallest absolute Gasteiger partial charge is 0.185 e. The second-order valence-corrected chi connectivity index (χ2v) is 4.77. The van der Waals surface area contributed by atoms with Crippen molar-refractivity contribution in [3.05, 3.63) is 58.7 Å². The van der Waals surface area contributed by atoms with Gasteiger partial charge in [-0.15, -0.1) is 0 Å². The molecule has 0 radical (unpaired) electrons. The maximum absolute atomic E-state index is 13.7. The van der Waals surface area contributed by atoms with Gasteiger partial charge < -0.3 is 11.1 Å². The molecule has 7 heteroatoms. The molecule has 0 aliphatic carbocycles. The Balaban J connectivity index is 2.61. The molecule has 0 aliphatic heterocycles. The molecule has 21 heavy (non-hydrogen) atoms. The second kappa shape index (κ2) is 5.69. The number of thiocarbonyl (C=S) groups is 1. The van der Waals surface area contributed by atoms with Gasteiger partial charge in [0.2, 0.25) is 0 Å². The Bertz CT molecular complexity index is 705. The van der Waals surface area contributed by atoms with Crippen LogP contribution in [-0.2, 0) is 0 Å². The van der Waals surface area contributed by atoms with Crippen LogP contribution in [0, 0.1) is 30.2 Å². The number of nitrogens with one attached hydrogen (secondary N) is 1. The summed E-state index contributed by atoms with van der Waals surface area (Å²) in [6.45, 7) is 1.63. The predicted octanol–water partition coefficient (Wildman–Crippen LogP) is 3.93. The van der Waals surface area contributed by atoms with Crippen molar-refractivity contribution in [1.29, 1.82) is 0 Å². The van der Waals surface area contributed by atoms with Crippen molar-refractivity contribution in [1.82, 2.24) is 0 Å². The normalized spacial score (nSPS) is 10.5. The molecule has 0 fully saturated rings. The van der Waals surface area contributed by atoms with E-state index in [1.807, 2.05) is 0 Å². The maximum Gasteiger partial charge on any atom is 0.185 e. The van der Waals surface area contributed by atoms with Crippen LogP contribution in [0.2, 0.25) is 0 Å². The Morgan fingerprint density at radius 1 is 1.05 bits per heavy atom. The Labute approximate surface area is 123 Å². The van der Waals surface area contributed by atoms with Gasteiger partial charge in [0.05, 0.1) is 5.69 Å². The zero-order chi connectivity index (χ0) is 15.7. The lowest BCUT2D eigenvalue weighted by atomic mass is 10.1. The van der Waals surface area contributed by atoms with Crippen LogP contribution in [0.15, 0.2) is 24.3 Å². The lowest BCUT2D eigenvalue weighted by molar-refractivity contribution is 0.459. The fourth-order valence-corrected chi connectivity index (χ4v) is 2.02. The lowest BCUT2D eigenvalue weighted by Gasteiger charge is -2.15. The number of para-hydroxylation sites is 1. The van der Waals surface area contributed by atoms with Gasteiger partial charge in [0.15, 0.2) is 23.3 Å². The molecule has 0 unspecified atom stereocenters. The number of halogens is 4. The first-order valence-electron chi connectivity index (χ1n) is 5.82. The van der Waals surface area contributed by atoms with Gasteiger partial charge in [-0.3, -0.25) is 0 Å². The van der Waals surface area contributed by atoms with Gasteiger partial charge in [0.25, 0.3) is 0 Å². The highest BCUT2D eigenvalue weighted by Gasteiger charge is 2.21. The molecule has 0 atom stereocenters. The van der Waals surface area contributed by atoms with Crippen molar-refractivity contribution >= 4 is 28.6 Å². The van der Waals surface area contributed by atoms with Crippen molar-refractivity contribution in [2.24, 2.45) is 5.73 Å². The van der Waals surface area contributed by atoms with Gasteiger partial charge in [-0.25, -0.2) is 17.6 Å². The fraction of sp³-hybridized carbons (Fsp3) is 0.0714. The van der Waals surface area contributed by atoms with E-state index in [0.717, 1.165) is 0 Å². The Hall–Kier alpha value is -2.15. The average Bonchev–Trinajstić information content (AvgIpc) is 2.42. The summed E-state index contributed by atoms with van der Waals surface area (Å²) in [5.74, 6) is -6.04. The highest BCUT2D eigenvalue weighted by atomic mass is 32.1. The Kier molecular flexibility index (Phi) is 4.13. The Morgan fingerprint density at radius 3 is 2.14 bits per heavy atom. The van der Waals surface area contributed by atoms with E-state index in [-0.39, 0.29) is 16.7 Å². The van der Waals surface area contributed by atoms with Crippen molar-refractivity contribution in [2.75, 3.05) is 5.32 Å². The third-order valence-electron chi connectivity index (χ3n) is 2.90. The third-order valence-corrected chi connectivity index (χ3v) is 3.12. The SMILES string of the molecule is Cc1cccc(C(N)=S)c1Nc1c(F)c(F)cc(F)c1F. The molecule has 0 spiro atoms. The predicted molar refractivity (Wildman–Crippen MR) is 76.6 cm³/mol. The fourth-order valence-electron chi connectivity index (χ4n) is 1.85. The molecular formula is C14H10F4N2S. The summed E-state index contributed by atoms with van der Waals surface area (Å²) < 4.78 is 53.8. The van der Waals surface area contributed by atoms with Gasteiger partial charge in [-0.2, -0.15) is 0 Å². The van der Waals surface area contributed by atoms with Gasteiger partial charge in [-0.05, 0) is 18.6 Å². The van der Waals surface area contributed by atoms with E-state index in [1.165, 1.54) is 6.07 Å². The van der Waals surface area contributed by atoms with Crippen LogP contribution in [0.1, 0.15) is 11.1 Å². The molecule has 0 aliphatic rings. The van der Waals surface area contributed by atoms with Gasteiger partial charge in [0, 0.05) is 11.6 Å². The molecule has 0 bridgehead atoms. The quantitative estimate of drug-likeness (QED) is 0.512. The largest absolute Gasteiger partial charge is 0.389 e. The molecule has 2 nitrogen and oxygen atoms in total. The lowest BCUT2D eigenvalue weighted by Crippen LogP contribution is -2.14. The molecule has 0 saturated carbocycles. The summed E-state index contributed by atoms with van der Waals surface area (Å²) >= 11 is 4.84. The third kappa shape index (κ3) is 2.82. The topological polar surface area (TPSA) is 38.0 Å². The molecule has 0 saturated heterocycles. The summed E-state index contributed by atoms with van der Waals surface area (Å²) in [5.41, 5.74) is 5.66. The summed E-state index contributed by atoms with van der Waals surface area (Å²) in [4.78, 5) is -0.0149. The van der Waals surface area contributed by atoms with E-state index in [0.29, 0.717) is 11.1 Å². The minimum absolute atomic E-state index is 0.0149. The number of hydrogen-bond acceptors (Lipinski definition) is 2. The Morgan fingerprint density at radius 2 is 1.62 bits per heavy atom. The van der Waals surface area contributed by atoms with Crippen LogP contribution in [-0.4, -0.2) is 4.99 Å². The minimum Gasteiger partial charge on any atom is -0.389 e. The van der Waals surface area contributed by atoms with Gasteiger partial charge in [0.1, 0.15) is 10.7 Å². The summed E-state index contributed by atoms with van der Waals surface area (Å²) in [6, 6.07) is 4.95. The summed E-state index contributed by atoms with van der Waals surface area (Å²) in [5, 5.41) is 2.34. The number of anilines is 2. The monoisotopic (exact) mass is 314 g/mol. The first-order valence-corrected chi connectivity index (χ1v) is 6.23. The molecule has 0 heterocycles. The zero-order valence-electron chi connectivity index (χ0n) is 10.8. The number of hydrogen-bond donors (Lipinski definition) is 2. The summed E-state index contributed by atoms with van der Waals surface area (Å²) in [6.07, 6.45) is 0. The van der Waals surface area contributed by atoms with E-state index in [2.05, 4.69) is 5.32 Å². The zero-order valence-corrected chi connectivity index (χ0v) is 11.6. The second-order valence-electron chi connectivity index (χ2n) is 4.33. The molecule has 110 valence electrons. The van der Waals surface area contributed by atoms with Gasteiger partial charge >= 0.3 is 0 Å². The number of rotatable bonds is 3. The maximum atomic E-state index is 13.7. The highest BCUT2D eigenvalue weighted by molar-refractivity contribution is 7.80. The van der Waals surface area contributed by atoms with Gasteiger partial charge in [-0.1, -0.05) is 24.4 Å². The van der Waals surface area contributed by atoms with Crippen LogP contribution >= 0.6 is 12.2 Å². The number of aryl methyl sites for hydroxylation is 1. The summed E-state index contributed by atoms with van der Waals surface area (Å²) in [7, 11) is 0. The van der Waals surface area contributed by atoms with Crippen molar-refractivity contribution in [2.45, 2.75) is 6.92 Å². The van der Waals surface area contributed by atoms with E-state index < -0.39 is 29.0 Å². The number of nitrogens with two attached hydrogens (primary N) is 1. The highest BCUT2D eigenvalue weighted by Crippen LogP contribution is 2.30. The molecule has 2 aromatic rings. The standard InChI is InChI=1S/C14H10F4N2S/c1-6-3-2-4-7(14(19)21)12(6)20-13-10(17)8(15)5-9(16)11(13)18/h2-5,20H,1H3,(H2,19,21). The van der Waals surface area contributed by atoms with E-state index in [4.69, 9.17) is 18.0 Å². The van der Waals surface area contributed by atoms with Crippen molar-refractivity contribution < 1.29 is 17.6 Å². The van der Waals surface area contributed by atoms with Crippen molar-refractivity contribution in [3.8, 4) is 0 Å². The van der Waals surface area contributed by atoms with E-state index in [1.54, 1.807) is 19.1 Å².